The van der Waals surface area contributed by atoms with E-state index in [1.54, 1.807) is 11.0 Å². The average Bonchev–Trinajstić information content (AvgIpc) is 2.58. The zero-order valence-corrected chi connectivity index (χ0v) is 14.2. The van der Waals surface area contributed by atoms with E-state index in [4.69, 9.17) is 4.74 Å². The van der Waals surface area contributed by atoms with Gasteiger partial charge in [0, 0.05) is 13.1 Å². The number of benzene rings is 2. The zero-order chi connectivity index (χ0) is 17.6. The van der Waals surface area contributed by atoms with Gasteiger partial charge in [0.2, 0.25) is 0 Å². The normalized spacial score (nSPS) is 15.4. The van der Waals surface area contributed by atoms with Crippen LogP contribution < -0.4 is 0 Å². The Balaban J connectivity index is 1.63. The van der Waals surface area contributed by atoms with Crippen LogP contribution in [0.2, 0.25) is 0 Å². The van der Waals surface area contributed by atoms with Crippen LogP contribution in [0.1, 0.15) is 42.5 Å². The number of likely N-dealkylation sites (tertiary alicyclic amines) is 1. The van der Waals surface area contributed by atoms with Gasteiger partial charge in [-0.05, 0) is 35.7 Å². The lowest BCUT2D eigenvalue weighted by Gasteiger charge is -2.24. The molecule has 0 bridgehead atoms. The van der Waals surface area contributed by atoms with Gasteiger partial charge in [-0.15, -0.1) is 0 Å². The van der Waals surface area contributed by atoms with Gasteiger partial charge in [0.1, 0.15) is 11.3 Å². The number of aromatic hydroxyl groups is 1. The minimum absolute atomic E-state index is 0.0826. The molecular weight excluding hydrogens is 318 g/mol. The molecule has 2 aromatic rings. The lowest BCUT2D eigenvalue weighted by molar-refractivity contribution is -0.134. The van der Waals surface area contributed by atoms with Crippen LogP contribution in [-0.4, -0.2) is 41.6 Å². The first-order valence-corrected chi connectivity index (χ1v) is 8.82. The molecule has 3 rings (SSSR count). The monoisotopic (exact) mass is 341 g/mol. The molecule has 0 aromatic heterocycles. The third-order valence-corrected chi connectivity index (χ3v) is 4.62. The van der Waals surface area contributed by atoms with Crippen molar-refractivity contribution in [3.05, 3.63) is 42.0 Å². The van der Waals surface area contributed by atoms with Crippen molar-refractivity contribution in [2.75, 3.05) is 19.7 Å². The van der Waals surface area contributed by atoms with E-state index in [-0.39, 0.29) is 23.8 Å². The van der Waals surface area contributed by atoms with Crippen LogP contribution in [0.4, 0.5) is 0 Å². The molecule has 0 unspecified atom stereocenters. The van der Waals surface area contributed by atoms with Crippen LogP contribution in [0, 0.1) is 0 Å². The summed E-state index contributed by atoms with van der Waals surface area (Å²) in [6.07, 6.45) is 5.47. The van der Waals surface area contributed by atoms with Gasteiger partial charge in [-0.3, -0.25) is 4.79 Å². The van der Waals surface area contributed by atoms with Gasteiger partial charge in [-0.1, -0.05) is 43.5 Å². The van der Waals surface area contributed by atoms with Crippen molar-refractivity contribution in [2.45, 2.75) is 32.1 Å². The first-order chi connectivity index (χ1) is 12.1. The summed E-state index contributed by atoms with van der Waals surface area (Å²) in [5.41, 5.74) is 0.0826. The molecule has 1 aliphatic rings. The summed E-state index contributed by atoms with van der Waals surface area (Å²) in [5, 5.41) is 11.7. The first-order valence-electron chi connectivity index (χ1n) is 8.82. The maximum Gasteiger partial charge on any atom is 0.342 e. The van der Waals surface area contributed by atoms with E-state index in [0.29, 0.717) is 0 Å². The van der Waals surface area contributed by atoms with Crippen molar-refractivity contribution in [1.82, 2.24) is 4.90 Å². The third-order valence-electron chi connectivity index (χ3n) is 4.62. The van der Waals surface area contributed by atoms with Crippen LogP contribution in [-0.2, 0) is 9.53 Å². The number of nitrogens with zero attached hydrogens (tertiary/aromatic N) is 1. The molecule has 0 radical (unpaired) electrons. The minimum atomic E-state index is -0.677. The van der Waals surface area contributed by atoms with Crippen molar-refractivity contribution in [3.8, 4) is 5.75 Å². The van der Waals surface area contributed by atoms with Crippen LogP contribution in [0.5, 0.6) is 5.75 Å². The molecule has 1 amide bonds. The molecule has 5 heteroatoms. The fourth-order valence-corrected chi connectivity index (χ4v) is 3.18. The lowest BCUT2D eigenvalue weighted by Crippen LogP contribution is -2.36. The highest BCUT2D eigenvalue weighted by molar-refractivity contribution is 5.99. The van der Waals surface area contributed by atoms with Crippen LogP contribution >= 0.6 is 0 Å². The quantitative estimate of drug-likeness (QED) is 0.868. The van der Waals surface area contributed by atoms with Crippen molar-refractivity contribution in [2.24, 2.45) is 0 Å². The van der Waals surface area contributed by atoms with E-state index in [9.17, 15) is 14.7 Å². The van der Waals surface area contributed by atoms with Gasteiger partial charge in [-0.25, -0.2) is 4.79 Å². The molecule has 1 aliphatic heterocycles. The molecule has 25 heavy (non-hydrogen) atoms. The molecule has 5 nitrogen and oxygen atoms in total. The average molecular weight is 341 g/mol. The number of hydrogen-bond acceptors (Lipinski definition) is 4. The Morgan fingerprint density at radius 1 is 0.960 bits per heavy atom. The van der Waals surface area contributed by atoms with E-state index in [0.717, 1.165) is 49.5 Å². The Labute approximate surface area is 147 Å². The minimum Gasteiger partial charge on any atom is -0.507 e. The van der Waals surface area contributed by atoms with E-state index < -0.39 is 5.97 Å². The van der Waals surface area contributed by atoms with Gasteiger partial charge in [-0.2, -0.15) is 0 Å². The molecule has 132 valence electrons. The number of hydrogen-bond donors (Lipinski definition) is 1. The summed E-state index contributed by atoms with van der Waals surface area (Å²) < 4.78 is 5.15. The highest BCUT2D eigenvalue weighted by Gasteiger charge is 2.19. The number of amides is 1. The SMILES string of the molecule is O=C(OCC(=O)N1CCCCCCC1)c1cc2ccccc2cc1O. The van der Waals surface area contributed by atoms with Crippen molar-refractivity contribution in [3.63, 3.8) is 0 Å². The van der Waals surface area contributed by atoms with Gasteiger partial charge >= 0.3 is 5.97 Å². The van der Waals surface area contributed by atoms with Crippen molar-refractivity contribution in [1.29, 1.82) is 0 Å². The topological polar surface area (TPSA) is 66.8 Å². The fraction of sp³-hybridized carbons (Fsp3) is 0.400. The van der Waals surface area contributed by atoms with Crippen LogP contribution in [0.25, 0.3) is 10.8 Å². The Hall–Kier alpha value is -2.56. The summed E-state index contributed by atoms with van der Waals surface area (Å²) in [7, 11) is 0. The first kappa shape index (κ1) is 17.3. The molecule has 1 saturated heterocycles. The van der Waals surface area contributed by atoms with Crippen LogP contribution in [0.15, 0.2) is 36.4 Å². The maximum absolute atomic E-state index is 12.3. The second-order valence-corrected chi connectivity index (χ2v) is 6.44. The highest BCUT2D eigenvalue weighted by atomic mass is 16.5. The predicted octanol–water partition coefficient (Wildman–Crippen LogP) is 3.49. The van der Waals surface area contributed by atoms with Crippen molar-refractivity contribution < 1.29 is 19.4 Å². The number of ether oxygens (including phenoxy) is 1. The second kappa shape index (κ2) is 8.01. The molecule has 0 saturated carbocycles. The lowest BCUT2D eigenvalue weighted by atomic mass is 10.1. The van der Waals surface area contributed by atoms with E-state index in [1.807, 2.05) is 24.3 Å². The summed E-state index contributed by atoms with van der Waals surface area (Å²) in [6, 6.07) is 10.6. The Kier molecular flexibility index (Phi) is 5.53. The number of carbonyl (C=O) groups is 2. The van der Waals surface area contributed by atoms with Gasteiger partial charge < -0.3 is 14.7 Å². The number of rotatable bonds is 3. The number of carbonyl (C=O) groups excluding carboxylic acids is 2. The summed E-state index contributed by atoms with van der Waals surface area (Å²) in [6.45, 7) is 1.15. The molecule has 1 heterocycles. The van der Waals surface area contributed by atoms with Crippen LogP contribution in [0.3, 0.4) is 0 Å². The number of phenols is 1. The smallest absolute Gasteiger partial charge is 0.342 e. The molecular formula is C20H23NO4. The molecule has 2 aromatic carbocycles. The Bertz CT molecular complexity index is 763. The standard InChI is InChI=1S/C20H23NO4/c22-18-13-16-9-5-4-8-15(16)12-17(18)20(24)25-14-19(23)21-10-6-2-1-3-7-11-21/h4-5,8-9,12-13,22H,1-3,6-7,10-11,14H2. The molecule has 1 N–H and O–H groups in total. The molecule has 0 aliphatic carbocycles. The zero-order valence-electron chi connectivity index (χ0n) is 14.2. The van der Waals surface area contributed by atoms with E-state index in [2.05, 4.69) is 0 Å². The maximum atomic E-state index is 12.3. The predicted molar refractivity (Wildman–Crippen MR) is 95.6 cm³/mol. The number of fused-ring (bicyclic) bond motifs is 1. The third kappa shape index (κ3) is 4.29. The summed E-state index contributed by atoms with van der Waals surface area (Å²) >= 11 is 0. The molecule has 1 fully saturated rings. The highest BCUT2D eigenvalue weighted by Crippen LogP contribution is 2.25. The second-order valence-electron chi connectivity index (χ2n) is 6.44. The van der Waals surface area contributed by atoms with Gasteiger partial charge in [0.15, 0.2) is 6.61 Å². The summed E-state index contributed by atoms with van der Waals surface area (Å²) in [4.78, 5) is 26.3. The Morgan fingerprint density at radius 3 is 2.24 bits per heavy atom. The Morgan fingerprint density at radius 2 is 1.56 bits per heavy atom. The van der Waals surface area contributed by atoms with E-state index in [1.165, 1.54) is 12.5 Å². The summed E-state index contributed by atoms with van der Waals surface area (Å²) in [5.74, 6) is -0.985. The van der Waals surface area contributed by atoms with Gasteiger partial charge in [0.05, 0.1) is 0 Å². The van der Waals surface area contributed by atoms with Gasteiger partial charge in [0.25, 0.3) is 5.91 Å². The largest absolute Gasteiger partial charge is 0.507 e. The molecule has 0 spiro atoms. The van der Waals surface area contributed by atoms with Crippen molar-refractivity contribution >= 4 is 22.6 Å². The number of esters is 1. The number of phenolic OH excluding ortho intramolecular Hbond substituents is 1. The fourth-order valence-electron chi connectivity index (χ4n) is 3.18. The van der Waals surface area contributed by atoms with E-state index >= 15 is 0 Å². The molecule has 0 atom stereocenters.